The fourth-order valence-electron chi connectivity index (χ4n) is 9.82. The molecule has 0 fully saturated rings. The van der Waals surface area contributed by atoms with Crippen molar-refractivity contribution in [2.75, 3.05) is 0 Å². The van der Waals surface area contributed by atoms with Crippen molar-refractivity contribution < 1.29 is 52.7 Å². The van der Waals surface area contributed by atoms with Crippen LogP contribution in [0.1, 0.15) is 73.3 Å². The second-order valence-electron chi connectivity index (χ2n) is 20.7. The Morgan fingerprint density at radius 2 is 1.08 bits per heavy atom. The molecule has 452 valence electrons. The van der Waals surface area contributed by atoms with Crippen LogP contribution in [-0.4, -0.2) is 71.4 Å². The Hall–Kier alpha value is -11.5. The lowest BCUT2D eigenvalue weighted by Crippen LogP contribution is -2.11. The normalized spacial score (nSPS) is 11.4. The topological polar surface area (TPSA) is 220 Å². The van der Waals surface area contributed by atoms with Crippen LogP contribution in [-0.2, 0) is 26.2 Å². The van der Waals surface area contributed by atoms with Crippen LogP contribution in [0.25, 0.3) is 51.1 Å². The van der Waals surface area contributed by atoms with Gasteiger partial charge in [-0.05, 0) is 148 Å². The van der Waals surface area contributed by atoms with Gasteiger partial charge in [0.05, 0.1) is 22.2 Å². The van der Waals surface area contributed by atoms with Crippen molar-refractivity contribution in [1.29, 1.82) is 0 Å². The van der Waals surface area contributed by atoms with Crippen molar-refractivity contribution in [2.24, 2.45) is 0 Å². The summed E-state index contributed by atoms with van der Waals surface area (Å²) < 4.78 is 56.0. The number of rotatable bonds is 13. The molecule has 0 amide bonds. The van der Waals surface area contributed by atoms with Crippen LogP contribution in [0.3, 0.4) is 0 Å². The van der Waals surface area contributed by atoms with Gasteiger partial charge in [0.2, 0.25) is 5.78 Å². The number of phenolic OH excluding ortho intramolecular Hbond substituents is 3. The minimum Gasteiger partial charge on any atom is -0.506 e. The van der Waals surface area contributed by atoms with Crippen molar-refractivity contribution in [3.8, 4) is 80.0 Å². The lowest BCUT2D eigenvalue weighted by molar-refractivity contribution is 0.102. The molecule has 0 radical (unpaired) electrons. The average Bonchev–Trinajstić information content (AvgIpc) is 1.64. The molecule has 16 nitrogen and oxygen atoms in total. The molecule has 0 saturated carbocycles. The van der Waals surface area contributed by atoms with E-state index in [1.54, 1.807) is 66.9 Å². The van der Waals surface area contributed by atoms with Gasteiger partial charge in [-0.15, -0.1) is 0 Å². The summed E-state index contributed by atoms with van der Waals surface area (Å²) in [5, 5.41) is 39.5. The number of aryl methyl sites for hydroxylation is 3. The summed E-state index contributed by atoms with van der Waals surface area (Å²) >= 11 is 0. The van der Waals surface area contributed by atoms with Crippen LogP contribution in [0.2, 0.25) is 0 Å². The molecule has 0 atom stereocenters. The zero-order valence-corrected chi connectivity index (χ0v) is 49.0. The highest BCUT2D eigenvalue weighted by atomic mass is 19.1. The quantitative estimate of drug-likeness (QED) is 0.0623. The summed E-state index contributed by atoms with van der Waals surface area (Å²) in [6.07, 6.45) is 6.62. The monoisotopic (exact) mass is 1210 g/mol. The number of ether oxygens (including phenoxy) is 2. The van der Waals surface area contributed by atoms with Crippen molar-refractivity contribution in [3.05, 3.63) is 269 Å². The molecular weight excluding hydrogens is 1150 g/mol. The Morgan fingerprint density at radius 1 is 0.522 bits per heavy atom. The number of benzene rings is 5. The molecule has 4 N–H and O–H groups in total. The fraction of sp³-hybridized carbons (Fsp3) is 0.127. The number of para-hydroxylation sites is 3. The number of aldehydes is 1. The third kappa shape index (κ3) is 14.2. The maximum Gasteiger partial charge on any atom is 0.233 e. The van der Waals surface area contributed by atoms with Gasteiger partial charge < -0.3 is 34.5 Å². The minimum absolute atomic E-state index is 0.0278. The Bertz CT molecular complexity index is 4480. The van der Waals surface area contributed by atoms with E-state index in [2.05, 4.69) is 19.9 Å². The number of fused-ring (bicyclic) bond motifs is 2. The number of carbonyl (C=O) groups is 2. The molecule has 5 aromatic carbocycles. The van der Waals surface area contributed by atoms with E-state index in [-0.39, 0.29) is 17.1 Å². The molecule has 12 aromatic rings. The van der Waals surface area contributed by atoms with E-state index in [1.807, 2.05) is 133 Å². The number of halogens is 3. The van der Waals surface area contributed by atoms with Crippen LogP contribution in [0, 0.1) is 38.2 Å². The highest BCUT2D eigenvalue weighted by molar-refractivity contribution is 6.08. The van der Waals surface area contributed by atoms with E-state index in [9.17, 15) is 38.1 Å². The summed E-state index contributed by atoms with van der Waals surface area (Å²) in [6.45, 7) is 7.11. The van der Waals surface area contributed by atoms with Crippen LogP contribution < -0.4 is 9.47 Å². The molecule has 0 aliphatic carbocycles. The van der Waals surface area contributed by atoms with Crippen molar-refractivity contribution in [2.45, 2.75) is 59.8 Å². The summed E-state index contributed by atoms with van der Waals surface area (Å²) in [4.78, 5) is 49.7. The molecule has 90 heavy (non-hydrogen) atoms. The smallest absolute Gasteiger partial charge is 0.233 e. The van der Waals surface area contributed by atoms with E-state index < -0.39 is 34.7 Å². The van der Waals surface area contributed by atoms with Crippen molar-refractivity contribution >= 4 is 17.6 Å². The lowest BCUT2D eigenvalue weighted by atomic mass is 10.1. The second kappa shape index (κ2) is 28.4. The third-order valence-electron chi connectivity index (χ3n) is 14.3. The lowest BCUT2D eigenvalue weighted by Gasteiger charge is -2.18. The Balaban J connectivity index is 0.000000139. The highest BCUT2D eigenvalue weighted by Gasteiger charge is 2.27. The fourth-order valence-corrected chi connectivity index (χ4v) is 9.82. The molecule has 0 bridgehead atoms. The average molecular weight is 1210 g/mol. The largest absolute Gasteiger partial charge is 0.506 e. The first-order chi connectivity index (χ1) is 43.7. The van der Waals surface area contributed by atoms with Crippen molar-refractivity contribution in [3.63, 3.8) is 0 Å². The Kier molecular flexibility index (Phi) is 19.4. The number of imidazole rings is 2. The van der Waals surface area contributed by atoms with Gasteiger partial charge >= 0.3 is 0 Å². The SMILES string of the molecule is Cc1ccc(O)c(-c2nc(-c3cccc(F)c3O)n3c2CCCC3)n1.Cc1ccc(OCc2ccccc2)c(-c2nc(-c3cccc(F)c3O)n3ccccc23)n1.Cc1ccc(OCc2ccccc2)c(C(=O)c2ccccn2)n1.O=Cc1cccc(F)c1O. The number of pyridine rings is 5. The van der Waals surface area contributed by atoms with E-state index in [4.69, 9.17) is 24.5 Å². The number of aromatic nitrogens is 8. The Labute approximate surface area is 515 Å². The molecule has 0 saturated heterocycles. The first kappa shape index (κ1) is 61.6. The summed E-state index contributed by atoms with van der Waals surface area (Å²) in [7, 11) is 0. The van der Waals surface area contributed by atoms with Crippen LogP contribution >= 0.6 is 0 Å². The van der Waals surface area contributed by atoms with E-state index >= 15 is 0 Å². The zero-order valence-electron chi connectivity index (χ0n) is 49.0. The zero-order chi connectivity index (χ0) is 63.3. The summed E-state index contributed by atoms with van der Waals surface area (Å²) in [6, 6.07) is 53.9. The molecular formula is C71H59F3N8O8. The molecule has 19 heteroatoms. The standard InChI is InChI=1S/C26H20FN3O2.C19H18FN3O2.C19H16N2O2.C7H5FO2/c1-17-13-14-22(32-16-18-8-3-2-4-9-18)24(28-17)23-21-12-5-6-15-30(21)26(29-23)19-10-7-11-20(27)25(19)31;1-11-8-9-15(24)17(21-11)16-14-7-2-3-10-23(14)19(22-16)12-5-4-6-13(20)18(12)25;1-14-10-11-17(23-13-15-7-3-2-4-8-15)18(21-14)19(22)16-9-5-6-12-20-16;8-6-3-1-2-5(4-9)7(6)10/h2-15,31H,16H2,1H3;4-6,8-9,24-25H,2-3,7,10H2,1H3;2-12H,13H2,1H3;1-4,10H. The van der Waals surface area contributed by atoms with E-state index in [0.29, 0.717) is 87.9 Å². The van der Waals surface area contributed by atoms with Crippen LogP contribution in [0.4, 0.5) is 13.2 Å². The van der Waals surface area contributed by atoms with Gasteiger partial charge in [-0.3, -0.25) is 19.0 Å². The molecule has 1 aliphatic rings. The molecule has 1 aliphatic heterocycles. The number of ketones is 1. The Morgan fingerprint density at radius 3 is 1.71 bits per heavy atom. The van der Waals surface area contributed by atoms with Crippen LogP contribution in [0.5, 0.6) is 34.5 Å². The predicted octanol–water partition coefficient (Wildman–Crippen LogP) is 14.5. The van der Waals surface area contributed by atoms with Gasteiger partial charge in [-0.1, -0.05) is 91.0 Å². The number of hydrogen-bond donors (Lipinski definition) is 4. The maximum absolute atomic E-state index is 14.1. The number of aromatic hydroxyl groups is 4. The van der Waals surface area contributed by atoms with Gasteiger partial charge in [0.1, 0.15) is 70.6 Å². The summed E-state index contributed by atoms with van der Waals surface area (Å²) in [5.41, 5.74) is 9.63. The molecule has 0 spiro atoms. The van der Waals surface area contributed by atoms with E-state index in [1.165, 1.54) is 24.3 Å². The number of nitrogens with zero attached hydrogens (tertiary/aromatic N) is 8. The van der Waals surface area contributed by atoms with Crippen molar-refractivity contribution in [1.82, 2.24) is 38.9 Å². The third-order valence-corrected chi connectivity index (χ3v) is 14.3. The molecule has 13 rings (SSSR count). The second-order valence-corrected chi connectivity index (χ2v) is 20.7. The summed E-state index contributed by atoms with van der Waals surface area (Å²) in [5.74, 6) is -1.77. The van der Waals surface area contributed by atoms with Gasteiger partial charge in [0.15, 0.2) is 46.7 Å². The maximum atomic E-state index is 14.1. The number of phenols is 3. The molecule has 0 unspecified atom stereocenters. The van der Waals surface area contributed by atoms with Gasteiger partial charge in [0, 0.05) is 41.7 Å². The van der Waals surface area contributed by atoms with E-state index in [0.717, 1.165) is 71.3 Å². The number of hydrogen-bond acceptors (Lipinski definition) is 14. The highest BCUT2D eigenvalue weighted by Crippen LogP contribution is 2.40. The minimum atomic E-state index is -0.774. The predicted molar refractivity (Wildman–Crippen MR) is 334 cm³/mol. The number of carbonyl (C=O) groups excluding carboxylic acids is 2. The molecule has 7 aromatic heterocycles. The first-order valence-electron chi connectivity index (χ1n) is 28.5. The van der Waals surface area contributed by atoms with Gasteiger partial charge in [-0.25, -0.2) is 38.1 Å². The molecule has 8 heterocycles. The van der Waals surface area contributed by atoms with Crippen LogP contribution in [0.15, 0.2) is 200 Å². The van der Waals surface area contributed by atoms with Gasteiger partial charge in [0.25, 0.3) is 0 Å². The van der Waals surface area contributed by atoms with Gasteiger partial charge in [-0.2, -0.15) is 0 Å². The first-order valence-corrected chi connectivity index (χ1v) is 28.5.